The molecular weight excluding hydrogens is 698 g/mol. The maximum Gasteiger partial charge on any atom is 1.00 e. The van der Waals surface area contributed by atoms with E-state index in [1.807, 2.05) is 0 Å². The van der Waals surface area contributed by atoms with Crippen molar-refractivity contribution in [2.45, 2.75) is 111 Å². The van der Waals surface area contributed by atoms with Gasteiger partial charge in [-0.2, -0.15) is 0 Å². The van der Waals surface area contributed by atoms with Crippen molar-refractivity contribution >= 4 is 44.5 Å². The molecule has 0 N–H and O–H groups in total. The number of ether oxygens (including phenoxy) is 4. The van der Waals surface area contributed by atoms with Gasteiger partial charge in [0.25, 0.3) is 0 Å². The third-order valence-corrected chi connectivity index (χ3v) is 36.3. The van der Waals surface area contributed by atoms with Gasteiger partial charge in [-0.25, -0.2) is 0 Å². The van der Waals surface area contributed by atoms with Gasteiger partial charge in [-0.15, -0.1) is 0 Å². The van der Waals surface area contributed by atoms with E-state index in [0.29, 0.717) is 0 Å². The van der Waals surface area contributed by atoms with Gasteiger partial charge in [-0.05, 0) is 89.0 Å². The van der Waals surface area contributed by atoms with Crippen LogP contribution >= 0.6 is 0 Å². The van der Waals surface area contributed by atoms with Crippen molar-refractivity contribution in [3.8, 4) is 0 Å². The third-order valence-electron chi connectivity index (χ3n) is 11.4. The second-order valence-corrected chi connectivity index (χ2v) is 32.7. The van der Waals surface area contributed by atoms with Gasteiger partial charge in [0.15, 0.2) is 0 Å². The van der Waals surface area contributed by atoms with Gasteiger partial charge in [0.05, 0.1) is 0 Å². The molecule has 0 radical (unpaired) electrons. The fraction of sp³-hybridized carbons (Fsp3) is 0.581. The zero-order valence-corrected chi connectivity index (χ0v) is 38.2. The number of hydrogen-bond acceptors (Lipinski definition) is 5. The van der Waals surface area contributed by atoms with Gasteiger partial charge >= 0.3 is 18.9 Å². The van der Waals surface area contributed by atoms with E-state index < -0.39 is 29.0 Å². The van der Waals surface area contributed by atoms with Gasteiger partial charge < -0.3 is 23.6 Å². The van der Waals surface area contributed by atoms with Crippen molar-refractivity contribution < 1.29 is 42.5 Å². The maximum atomic E-state index is 7.54. The van der Waals surface area contributed by atoms with E-state index in [0.717, 1.165) is 52.9 Å². The van der Waals surface area contributed by atoms with Gasteiger partial charge in [0, 0.05) is 59.0 Å². The average Bonchev–Trinajstić information content (AvgIpc) is 4.01. The normalized spacial score (nSPS) is 17.2. The van der Waals surface area contributed by atoms with Crippen LogP contribution in [-0.2, 0) is 23.6 Å². The van der Waals surface area contributed by atoms with Crippen molar-refractivity contribution in [2.75, 3.05) is 52.9 Å². The molecule has 0 aromatic heterocycles. The Morgan fingerprint density at radius 2 is 0.623 bits per heavy atom. The summed E-state index contributed by atoms with van der Waals surface area (Å²) in [7, 11) is -6.28. The Labute approximate surface area is 339 Å². The van der Waals surface area contributed by atoms with Crippen LogP contribution in [0.15, 0.2) is 91.0 Å². The molecule has 4 saturated heterocycles. The molecule has 0 saturated carbocycles. The van der Waals surface area contributed by atoms with Crippen LogP contribution in [0.5, 0.6) is 0 Å². The van der Waals surface area contributed by atoms with E-state index in [2.05, 4.69) is 144 Å². The van der Waals surface area contributed by atoms with Crippen LogP contribution < -0.4 is 34.4 Å². The topological polar surface area (TPSA) is 46.2 Å². The molecule has 0 amide bonds. The zero-order chi connectivity index (χ0) is 37.8. The Kier molecular flexibility index (Phi) is 22.7. The fourth-order valence-corrected chi connectivity index (χ4v) is 40.0. The van der Waals surface area contributed by atoms with Crippen LogP contribution in [0.25, 0.3) is 0 Å². The number of rotatable bonds is 8. The Balaban J connectivity index is 0.000000366. The molecule has 4 aliphatic rings. The van der Waals surface area contributed by atoms with Crippen molar-refractivity contribution in [1.82, 2.24) is 0 Å². The molecule has 4 aliphatic heterocycles. The SMILES string of the molecule is C1CCOC1.C1CCOC1.C1CCOC1.C1CCOC1.CC(C)O[B-]([Si](C)(C)c1ccccc1)([Si](C)(C)c1ccccc1)[Si](C)(C)c1ccccc1.[Li+]. The molecule has 3 aromatic rings. The van der Waals surface area contributed by atoms with Crippen molar-refractivity contribution in [1.29, 1.82) is 0 Å². The predicted molar refractivity (Wildman–Crippen MR) is 233 cm³/mol. The maximum absolute atomic E-state index is 7.54. The van der Waals surface area contributed by atoms with Crippen LogP contribution in [0.3, 0.4) is 0 Å². The quantitative estimate of drug-likeness (QED) is 0.278. The minimum absolute atomic E-state index is 0. The van der Waals surface area contributed by atoms with Crippen LogP contribution in [0, 0.1) is 0 Å². The Bertz CT molecular complexity index is 1140. The molecule has 4 heterocycles. The second-order valence-electron chi connectivity index (χ2n) is 16.5. The minimum atomic E-state index is -2.09. The summed E-state index contributed by atoms with van der Waals surface area (Å²) in [5.41, 5.74) is 0. The van der Waals surface area contributed by atoms with Gasteiger partial charge in [-0.1, -0.05) is 146 Å². The molecule has 4 fully saturated rings. The molecule has 0 aliphatic carbocycles. The van der Waals surface area contributed by atoms with Gasteiger partial charge in [-0.3, -0.25) is 0 Å². The minimum Gasteiger partial charge on any atom is -0.592 e. The van der Waals surface area contributed by atoms with Crippen molar-refractivity contribution in [2.24, 2.45) is 0 Å². The van der Waals surface area contributed by atoms with E-state index in [1.165, 1.54) is 66.9 Å². The van der Waals surface area contributed by atoms with Crippen molar-refractivity contribution in [3.05, 3.63) is 91.0 Å². The smallest absolute Gasteiger partial charge is 0.592 e. The predicted octanol–water partition coefficient (Wildman–Crippen LogP) is 5.63. The molecule has 290 valence electrons. The molecule has 53 heavy (non-hydrogen) atoms. The summed E-state index contributed by atoms with van der Waals surface area (Å²) < 4.78 is 27.3. The summed E-state index contributed by atoms with van der Waals surface area (Å²) in [6.45, 7) is 28.1. The van der Waals surface area contributed by atoms with Crippen LogP contribution in [0.1, 0.15) is 65.2 Å². The molecule has 0 spiro atoms. The number of hydrogen-bond donors (Lipinski definition) is 0. The molecular formula is C43H72BLiO5Si3. The van der Waals surface area contributed by atoms with E-state index in [4.69, 9.17) is 23.6 Å². The Morgan fingerprint density at radius 3 is 0.774 bits per heavy atom. The molecule has 0 unspecified atom stereocenters. The van der Waals surface area contributed by atoms with Crippen LogP contribution in [0.2, 0.25) is 39.3 Å². The first-order valence-corrected chi connectivity index (χ1v) is 29.5. The number of benzene rings is 3. The first kappa shape index (κ1) is 47.9. The Hall–Kier alpha value is -1.23. The summed E-state index contributed by atoms with van der Waals surface area (Å²) in [4.78, 5) is 0. The summed E-state index contributed by atoms with van der Waals surface area (Å²) in [6, 6.07) is 34.0. The summed E-state index contributed by atoms with van der Waals surface area (Å²) >= 11 is 0. The van der Waals surface area contributed by atoms with E-state index in [1.54, 1.807) is 0 Å². The van der Waals surface area contributed by atoms with E-state index >= 15 is 0 Å². The zero-order valence-electron chi connectivity index (χ0n) is 35.2. The summed E-state index contributed by atoms with van der Waals surface area (Å²) in [5, 5.41) is 3.42. The summed E-state index contributed by atoms with van der Waals surface area (Å²) in [5.74, 6) is 0. The van der Waals surface area contributed by atoms with Gasteiger partial charge in [0.2, 0.25) is 0 Å². The molecule has 7 rings (SSSR count). The Morgan fingerprint density at radius 1 is 0.415 bits per heavy atom. The average molecular weight is 771 g/mol. The van der Waals surface area contributed by atoms with Gasteiger partial charge in [0.1, 0.15) is 5.13 Å². The molecule has 5 nitrogen and oxygen atoms in total. The fourth-order valence-electron chi connectivity index (χ4n) is 8.97. The second kappa shape index (κ2) is 25.1. The molecule has 10 heteroatoms. The van der Waals surface area contributed by atoms with Crippen molar-refractivity contribution in [3.63, 3.8) is 0 Å². The van der Waals surface area contributed by atoms with E-state index in [9.17, 15) is 0 Å². The summed E-state index contributed by atoms with van der Waals surface area (Å²) in [6.07, 6.45) is 10.4. The molecule has 0 bridgehead atoms. The third kappa shape index (κ3) is 14.0. The largest absolute Gasteiger partial charge is 1.00 e. The molecule has 3 aromatic carbocycles. The first-order chi connectivity index (χ1) is 25.0. The van der Waals surface area contributed by atoms with Crippen LogP contribution in [0.4, 0.5) is 0 Å². The standard InChI is InChI=1S/C27H40BOSi3.4C4H8O.Li/c1-24(2)29-28(30(3,4)25-18-12-9-13-19-25,31(5,6)26-20-14-10-15-21-26)32(7,8)27-22-16-11-17-23-27;4*1-2-4-5-3-1;/h9-24H,1-8H3;4*1-4H2;/q-1;;;;;+1. The first-order valence-electron chi connectivity index (χ1n) is 20.3. The van der Waals surface area contributed by atoms with E-state index in [-0.39, 0.29) is 25.0 Å². The molecule has 0 atom stereocenters. The monoisotopic (exact) mass is 770 g/mol. The van der Waals surface area contributed by atoms with Crippen LogP contribution in [-0.4, -0.2) is 87.9 Å².